The second kappa shape index (κ2) is 7.45. The van der Waals surface area contributed by atoms with Gasteiger partial charge in [0.2, 0.25) is 10.0 Å². The SMILES string of the molecule is Cc1cccc(OCC2CCN(c3ccc(S(N)(=O)=O)cc3)CC2)c1. The Morgan fingerprint density at radius 1 is 1.12 bits per heavy atom. The molecule has 1 aliphatic heterocycles. The van der Waals surface area contributed by atoms with Crippen molar-refractivity contribution in [1.82, 2.24) is 0 Å². The first-order valence-electron chi connectivity index (χ1n) is 8.49. The van der Waals surface area contributed by atoms with Crippen LogP contribution in [0.4, 0.5) is 5.69 Å². The van der Waals surface area contributed by atoms with Crippen LogP contribution in [0.1, 0.15) is 18.4 Å². The van der Waals surface area contributed by atoms with Crippen molar-refractivity contribution in [1.29, 1.82) is 0 Å². The lowest BCUT2D eigenvalue weighted by atomic mass is 9.97. The Hall–Kier alpha value is -2.05. The van der Waals surface area contributed by atoms with Gasteiger partial charge in [0, 0.05) is 18.8 Å². The summed E-state index contributed by atoms with van der Waals surface area (Å²) in [5, 5.41) is 5.14. The van der Waals surface area contributed by atoms with Crippen LogP contribution < -0.4 is 14.8 Å². The van der Waals surface area contributed by atoms with Crippen LogP contribution in [0.2, 0.25) is 0 Å². The first-order valence-corrected chi connectivity index (χ1v) is 10.0. The summed E-state index contributed by atoms with van der Waals surface area (Å²) in [6, 6.07) is 14.9. The number of hydrogen-bond donors (Lipinski definition) is 1. The molecule has 0 aromatic heterocycles. The van der Waals surface area contributed by atoms with Gasteiger partial charge in [-0.15, -0.1) is 0 Å². The number of nitrogens with two attached hydrogens (primary N) is 1. The van der Waals surface area contributed by atoms with Gasteiger partial charge in [-0.2, -0.15) is 0 Å². The molecule has 0 saturated carbocycles. The molecule has 134 valence electrons. The molecule has 25 heavy (non-hydrogen) atoms. The van der Waals surface area contributed by atoms with Gasteiger partial charge in [0.1, 0.15) is 5.75 Å². The minimum atomic E-state index is -3.63. The summed E-state index contributed by atoms with van der Waals surface area (Å²) in [6.45, 7) is 4.68. The molecule has 2 N–H and O–H groups in total. The standard InChI is InChI=1S/C19H24N2O3S/c1-15-3-2-4-18(13-15)24-14-16-9-11-21(12-10-16)17-5-7-19(8-6-17)25(20,22)23/h2-8,13,16H,9-12,14H2,1H3,(H2,20,22,23). The Labute approximate surface area is 149 Å². The quantitative estimate of drug-likeness (QED) is 0.890. The number of benzene rings is 2. The third-order valence-electron chi connectivity index (χ3n) is 4.62. The van der Waals surface area contributed by atoms with Crippen molar-refractivity contribution in [3.63, 3.8) is 0 Å². The third kappa shape index (κ3) is 4.74. The second-order valence-corrected chi connectivity index (χ2v) is 8.16. The van der Waals surface area contributed by atoms with E-state index < -0.39 is 10.0 Å². The molecule has 1 fully saturated rings. The molecule has 0 atom stereocenters. The van der Waals surface area contributed by atoms with E-state index in [1.807, 2.05) is 24.3 Å². The van der Waals surface area contributed by atoms with Gasteiger partial charge in [-0.05, 0) is 67.6 Å². The fourth-order valence-electron chi connectivity index (χ4n) is 3.12. The van der Waals surface area contributed by atoms with Gasteiger partial charge < -0.3 is 9.64 Å². The van der Waals surface area contributed by atoms with E-state index in [4.69, 9.17) is 9.88 Å². The highest BCUT2D eigenvalue weighted by molar-refractivity contribution is 7.89. The molecule has 0 aliphatic carbocycles. The van der Waals surface area contributed by atoms with Gasteiger partial charge in [-0.1, -0.05) is 12.1 Å². The molecule has 0 unspecified atom stereocenters. The number of nitrogens with zero attached hydrogens (tertiary/aromatic N) is 1. The molecule has 2 aromatic carbocycles. The van der Waals surface area contributed by atoms with Crippen molar-refractivity contribution in [2.75, 3.05) is 24.6 Å². The average molecular weight is 360 g/mol. The number of sulfonamides is 1. The number of hydrogen-bond acceptors (Lipinski definition) is 4. The van der Waals surface area contributed by atoms with Gasteiger partial charge in [-0.25, -0.2) is 13.6 Å². The van der Waals surface area contributed by atoms with E-state index in [0.717, 1.165) is 44.0 Å². The van der Waals surface area contributed by atoms with Crippen molar-refractivity contribution in [3.05, 3.63) is 54.1 Å². The summed E-state index contributed by atoms with van der Waals surface area (Å²) in [6.07, 6.45) is 2.12. The van der Waals surface area contributed by atoms with Gasteiger partial charge in [-0.3, -0.25) is 0 Å². The highest BCUT2D eigenvalue weighted by Crippen LogP contribution is 2.25. The van der Waals surface area contributed by atoms with Gasteiger partial charge in [0.15, 0.2) is 0 Å². The van der Waals surface area contributed by atoms with Crippen LogP contribution >= 0.6 is 0 Å². The number of anilines is 1. The maximum Gasteiger partial charge on any atom is 0.238 e. The van der Waals surface area contributed by atoms with Crippen LogP contribution in [0.5, 0.6) is 5.75 Å². The molecule has 3 rings (SSSR count). The molecule has 1 saturated heterocycles. The zero-order chi connectivity index (χ0) is 17.9. The number of rotatable bonds is 5. The Morgan fingerprint density at radius 3 is 2.40 bits per heavy atom. The van der Waals surface area contributed by atoms with E-state index >= 15 is 0 Å². The minimum Gasteiger partial charge on any atom is -0.493 e. The summed E-state index contributed by atoms with van der Waals surface area (Å²) in [4.78, 5) is 2.42. The van der Waals surface area contributed by atoms with Crippen molar-refractivity contribution >= 4 is 15.7 Å². The monoisotopic (exact) mass is 360 g/mol. The van der Waals surface area contributed by atoms with Gasteiger partial charge in [0.25, 0.3) is 0 Å². The van der Waals surface area contributed by atoms with E-state index in [-0.39, 0.29) is 4.90 Å². The van der Waals surface area contributed by atoms with Crippen molar-refractivity contribution in [2.45, 2.75) is 24.7 Å². The van der Waals surface area contributed by atoms with E-state index in [2.05, 4.69) is 24.0 Å². The highest BCUT2D eigenvalue weighted by Gasteiger charge is 2.20. The number of ether oxygens (including phenoxy) is 1. The van der Waals surface area contributed by atoms with Crippen LogP contribution in [-0.4, -0.2) is 28.1 Å². The van der Waals surface area contributed by atoms with Crippen LogP contribution in [-0.2, 0) is 10.0 Å². The second-order valence-electron chi connectivity index (χ2n) is 6.60. The molecule has 1 heterocycles. The molecular formula is C19H24N2O3S. The molecular weight excluding hydrogens is 336 g/mol. The topological polar surface area (TPSA) is 72.6 Å². The zero-order valence-corrected chi connectivity index (χ0v) is 15.2. The maximum atomic E-state index is 11.3. The van der Waals surface area contributed by atoms with Crippen LogP contribution in [0, 0.1) is 12.8 Å². The molecule has 0 spiro atoms. The minimum absolute atomic E-state index is 0.151. The lowest BCUT2D eigenvalue weighted by Crippen LogP contribution is -2.35. The van der Waals surface area contributed by atoms with Crippen molar-refractivity contribution in [2.24, 2.45) is 11.1 Å². The van der Waals surface area contributed by atoms with E-state index in [0.29, 0.717) is 5.92 Å². The smallest absolute Gasteiger partial charge is 0.238 e. The summed E-state index contributed by atoms with van der Waals surface area (Å²) in [5.74, 6) is 1.47. The Kier molecular flexibility index (Phi) is 5.30. The Morgan fingerprint density at radius 2 is 1.80 bits per heavy atom. The predicted octanol–water partition coefficient (Wildman–Crippen LogP) is 2.94. The first kappa shape index (κ1) is 17.8. The highest BCUT2D eigenvalue weighted by atomic mass is 32.2. The number of aryl methyl sites for hydroxylation is 1. The van der Waals surface area contributed by atoms with Gasteiger partial charge >= 0.3 is 0 Å². The first-order chi connectivity index (χ1) is 11.9. The van der Waals surface area contributed by atoms with Crippen molar-refractivity contribution < 1.29 is 13.2 Å². The summed E-state index contributed by atoms with van der Waals surface area (Å²) in [5.41, 5.74) is 2.24. The molecule has 0 amide bonds. The van der Waals surface area contributed by atoms with Crippen LogP contribution in [0.25, 0.3) is 0 Å². The Balaban J connectivity index is 1.51. The average Bonchev–Trinajstić information content (AvgIpc) is 2.60. The predicted molar refractivity (Wildman–Crippen MR) is 99.4 cm³/mol. The Bertz CT molecular complexity index is 811. The zero-order valence-electron chi connectivity index (χ0n) is 14.4. The molecule has 0 bridgehead atoms. The van der Waals surface area contributed by atoms with Crippen LogP contribution in [0.15, 0.2) is 53.4 Å². The molecule has 6 heteroatoms. The fourth-order valence-corrected chi connectivity index (χ4v) is 3.64. The summed E-state index contributed by atoms with van der Waals surface area (Å²) < 4.78 is 28.6. The van der Waals surface area contributed by atoms with Crippen LogP contribution in [0.3, 0.4) is 0 Å². The normalized spacial score (nSPS) is 16.0. The molecule has 1 aliphatic rings. The largest absolute Gasteiger partial charge is 0.493 e. The molecule has 0 radical (unpaired) electrons. The third-order valence-corrected chi connectivity index (χ3v) is 5.55. The summed E-state index contributed by atoms with van der Waals surface area (Å²) >= 11 is 0. The summed E-state index contributed by atoms with van der Waals surface area (Å²) in [7, 11) is -3.63. The maximum absolute atomic E-state index is 11.3. The number of primary sulfonamides is 1. The lowest BCUT2D eigenvalue weighted by Gasteiger charge is -2.33. The van der Waals surface area contributed by atoms with Crippen molar-refractivity contribution in [3.8, 4) is 5.75 Å². The molecule has 5 nitrogen and oxygen atoms in total. The van der Waals surface area contributed by atoms with Gasteiger partial charge in [0.05, 0.1) is 11.5 Å². The lowest BCUT2D eigenvalue weighted by molar-refractivity contribution is 0.223. The fraction of sp³-hybridized carbons (Fsp3) is 0.368. The number of piperidine rings is 1. The van der Waals surface area contributed by atoms with E-state index in [1.165, 1.54) is 5.56 Å². The molecule has 2 aromatic rings. The van der Waals surface area contributed by atoms with E-state index in [1.54, 1.807) is 12.1 Å². The van der Waals surface area contributed by atoms with E-state index in [9.17, 15) is 8.42 Å².